The number of hydrogen-bond donors (Lipinski definition) is 0. The summed E-state index contributed by atoms with van der Waals surface area (Å²) in [6.45, 7) is 2.52. The lowest BCUT2D eigenvalue weighted by Gasteiger charge is -2.34. The van der Waals surface area contributed by atoms with Gasteiger partial charge in [-0.15, -0.1) is 0 Å². The van der Waals surface area contributed by atoms with Crippen molar-refractivity contribution in [2.45, 2.75) is 12.8 Å². The van der Waals surface area contributed by atoms with Crippen LogP contribution in [0.1, 0.15) is 18.4 Å². The lowest BCUT2D eigenvalue weighted by Crippen LogP contribution is -2.36. The van der Waals surface area contributed by atoms with Crippen molar-refractivity contribution in [1.82, 2.24) is 9.97 Å². The fraction of sp³-hybridized carbons (Fsp3) is 0.286. The van der Waals surface area contributed by atoms with Gasteiger partial charge in [0.25, 0.3) is 0 Å². The third kappa shape index (κ3) is 3.31. The number of hydrogen-bond acceptors (Lipinski definition) is 5. The summed E-state index contributed by atoms with van der Waals surface area (Å²) < 4.78 is 5.81. The highest BCUT2D eigenvalue weighted by molar-refractivity contribution is 5.94. The standard InChI is InChI=1S/C21H20N4O/c22-13-17-14-24-19-6-2-1-5-18(19)21(17)25-11-8-16(9-12-25)15-26-20-7-3-4-10-23-20/h1-7,10,14,16H,8-9,11-12,15H2. The molecule has 26 heavy (non-hydrogen) atoms. The maximum atomic E-state index is 9.53. The largest absolute Gasteiger partial charge is 0.477 e. The summed E-state index contributed by atoms with van der Waals surface area (Å²) in [7, 11) is 0. The molecule has 0 spiro atoms. The van der Waals surface area contributed by atoms with Crippen molar-refractivity contribution in [3.63, 3.8) is 0 Å². The molecule has 0 unspecified atom stereocenters. The lowest BCUT2D eigenvalue weighted by atomic mass is 9.96. The molecule has 0 radical (unpaired) electrons. The zero-order chi connectivity index (χ0) is 17.8. The zero-order valence-corrected chi connectivity index (χ0v) is 14.5. The molecule has 2 aromatic heterocycles. The first-order valence-electron chi connectivity index (χ1n) is 8.92. The monoisotopic (exact) mass is 344 g/mol. The van der Waals surface area contributed by atoms with Gasteiger partial charge in [0, 0.05) is 36.9 Å². The van der Waals surface area contributed by atoms with Crippen LogP contribution in [0.25, 0.3) is 10.9 Å². The fourth-order valence-corrected chi connectivity index (χ4v) is 3.51. The number of piperidine rings is 1. The number of anilines is 1. The second kappa shape index (κ2) is 7.40. The molecule has 0 atom stereocenters. The van der Waals surface area contributed by atoms with Gasteiger partial charge >= 0.3 is 0 Å². The van der Waals surface area contributed by atoms with E-state index in [2.05, 4.69) is 27.0 Å². The van der Waals surface area contributed by atoms with Crippen molar-refractivity contribution in [2.75, 3.05) is 24.6 Å². The molecule has 1 aliphatic heterocycles. The van der Waals surface area contributed by atoms with Gasteiger partial charge in [-0.25, -0.2) is 4.98 Å². The van der Waals surface area contributed by atoms with Gasteiger partial charge in [0.2, 0.25) is 5.88 Å². The van der Waals surface area contributed by atoms with Crippen LogP contribution in [-0.4, -0.2) is 29.7 Å². The molecular formula is C21H20N4O. The van der Waals surface area contributed by atoms with Crippen molar-refractivity contribution < 1.29 is 4.74 Å². The minimum Gasteiger partial charge on any atom is -0.477 e. The normalized spacial score (nSPS) is 15.0. The first-order valence-corrected chi connectivity index (χ1v) is 8.92. The van der Waals surface area contributed by atoms with Crippen LogP contribution >= 0.6 is 0 Å². The Morgan fingerprint density at radius 1 is 1.08 bits per heavy atom. The maximum absolute atomic E-state index is 9.53. The third-order valence-corrected chi connectivity index (χ3v) is 4.90. The van der Waals surface area contributed by atoms with E-state index in [0.29, 0.717) is 24.0 Å². The second-order valence-electron chi connectivity index (χ2n) is 6.56. The van der Waals surface area contributed by atoms with Crippen molar-refractivity contribution in [2.24, 2.45) is 5.92 Å². The van der Waals surface area contributed by atoms with Crippen molar-refractivity contribution in [3.8, 4) is 11.9 Å². The van der Waals surface area contributed by atoms with E-state index in [9.17, 15) is 5.26 Å². The van der Waals surface area contributed by atoms with Crippen molar-refractivity contribution in [3.05, 3.63) is 60.4 Å². The molecule has 3 aromatic rings. The van der Waals surface area contributed by atoms with Crippen LogP contribution in [0.3, 0.4) is 0 Å². The Balaban J connectivity index is 1.47. The molecule has 1 saturated heterocycles. The van der Waals surface area contributed by atoms with E-state index in [0.717, 1.165) is 42.5 Å². The summed E-state index contributed by atoms with van der Waals surface area (Å²) in [5.41, 5.74) is 2.59. The highest BCUT2D eigenvalue weighted by Crippen LogP contribution is 2.32. The predicted molar refractivity (Wildman–Crippen MR) is 101 cm³/mol. The minimum absolute atomic E-state index is 0.506. The second-order valence-corrected chi connectivity index (χ2v) is 6.56. The Morgan fingerprint density at radius 3 is 2.65 bits per heavy atom. The van der Waals surface area contributed by atoms with Crippen LogP contribution in [0.5, 0.6) is 5.88 Å². The molecule has 1 aromatic carbocycles. The number of fused-ring (bicyclic) bond motifs is 1. The first-order chi connectivity index (χ1) is 12.8. The summed E-state index contributed by atoms with van der Waals surface area (Å²) in [4.78, 5) is 10.9. The van der Waals surface area contributed by atoms with Gasteiger partial charge in [0.15, 0.2) is 0 Å². The number of para-hydroxylation sites is 1. The Labute approximate surface area is 152 Å². The Kier molecular flexibility index (Phi) is 4.65. The van der Waals surface area contributed by atoms with Crippen LogP contribution < -0.4 is 9.64 Å². The zero-order valence-electron chi connectivity index (χ0n) is 14.5. The molecular weight excluding hydrogens is 324 g/mol. The topological polar surface area (TPSA) is 62.0 Å². The molecule has 0 bridgehead atoms. The van der Waals surface area contributed by atoms with E-state index >= 15 is 0 Å². The van der Waals surface area contributed by atoms with Gasteiger partial charge in [0.05, 0.1) is 23.4 Å². The molecule has 3 heterocycles. The third-order valence-electron chi connectivity index (χ3n) is 4.90. The summed E-state index contributed by atoms with van der Waals surface area (Å²) in [5, 5.41) is 10.6. The summed E-state index contributed by atoms with van der Waals surface area (Å²) in [6, 6.07) is 16.0. The summed E-state index contributed by atoms with van der Waals surface area (Å²) >= 11 is 0. The molecule has 1 aliphatic rings. The molecule has 0 saturated carbocycles. The molecule has 5 nitrogen and oxygen atoms in total. The average Bonchev–Trinajstić information content (AvgIpc) is 2.72. The van der Waals surface area contributed by atoms with Crippen LogP contribution in [-0.2, 0) is 0 Å². The van der Waals surface area contributed by atoms with E-state index in [-0.39, 0.29) is 0 Å². The van der Waals surface area contributed by atoms with Gasteiger partial charge in [-0.05, 0) is 30.9 Å². The van der Waals surface area contributed by atoms with Gasteiger partial charge in [-0.2, -0.15) is 5.26 Å². The van der Waals surface area contributed by atoms with Gasteiger partial charge in [-0.1, -0.05) is 24.3 Å². The van der Waals surface area contributed by atoms with Crippen LogP contribution in [0.15, 0.2) is 54.9 Å². The van der Waals surface area contributed by atoms with E-state index in [1.54, 1.807) is 12.4 Å². The van der Waals surface area contributed by atoms with E-state index in [4.69, 9.17) is 4.74 Å². The Bertz CT molecular complexity index is 928. The van der Waals surface area contributed by atoms with E-state index < -0.39 is 0 Å². The highest BCUT2D eigenvalue weighted by Gasteiger charge is 2.23. The Morgan fingerprint density at radius 2 is 1.88 bits per heavy atom. The predicted octanol–water partition coefficient (Wildman–Crippen LogP) is 3.80. The molecule has 130 valence electrons. The maximum Gasteiger partial charge on any atom is 0.213 e. The van der Waals surface area contributed by atoms with E-state index in [1.807, 2.05) is 36.4 Å². The summed E-state index contributed by atoms with van der Waals surface area (Å²) in [5.74, 6) is 1.19. The number of benzene rings is 1. The molecule has 0 aliphatic carbocycles. The number of pyridine rings is 2. The molecule has 0 N–H and O–H groups in total. The lowest BCUT2D eigenvalue weighted by molar-refractivity contribution is 0.216. The van der Waals surface area contributed by atoms with Crippen molar-refractivity contribution >= 4 is 16.6 Å². The van der Waals surface area contributed by atoms with Gasteiger partial charge < -0.3 is 9.64 Å². The highest BCUT2D eigenvalue weighted by atomic mass is 16.5. The number of rotatable bonds is 4. The average molecular weight is 344 g/mol. The van der Waals surface area contributed by atoms with Crippen LogP contribution in [0, 0.1) is 17.2 Å². The molecule has 0 amide bonds. The smallest absolute Gasteiger partial charge is 0.213 e. The fourth-order valence-electron chi connectivity index (χ4n) is 3.51. The Hall–Kier alpha value is -3.13. The minimum atomic E-state index is 0.506. The molecule has 4 rings (SSSR count). The molecule has 1 fully saturated rings. The number of nitriles is 1. The van der Waals surface area contributed by atoms with E-state index in [1.165, 1.54) is 0 Å². The quantitative estimate of drug-likeness (QED) is 0.720. The van der Waals surface area contributed by atoms with Crippen LogP contribution in [0.2, 0.25) is 0 Å². The SMILES string of the molecule is N#Cc1cnc2ccccc2c1N1CCC(COc2ccccn2)CC1. The van der Waals surface area contributed by atoms with Gasteiger partial charge in [0.1, 0.15) is 6.07 Å². The number of ether oxygens (including phenoxy) is 1. The number of aromatic nitrogens is 2. The first kappa shape index (κ1) is 16.3. The van der Waals surface area contributed by atoms with Crippen LogP contribution in [0.4, 0.5) is 5.69 Å². The molecule has 5 heteroatoms. The van der Waals surface area contributed by atoms with Crippen molar-refractivity contribution in [1.29, 1.82) is 5.26 Å². The number of nitrogens with zero attached hydrogens (tertiary/aromatic N) is 4. The van der Waals surface area contributed by atoms with Gasteiger partial charge in [-0.3, -0.25) is 4.98 Å². The summed E-state index contributed by atoms with van der Waals surface area (Å²) in [6.07, 6.45) is 5.51.